The molecule has 3 N–H and O–H groups in total. The Morgan fingerprint density at radius 3 is 2.94 bits per heavy atom. The number of carbonyl (C=O) groups excluding carboxylic acids is 1. The summed E-state index contributed by atoms with van der Waals surface area (Å²) in [5.74, 6) is 1.06. The van der Waals surface area contributed by atoms with Crippen molar-refractivity contribution in [2.45, 2.75) is 32.7 Å². The smallest absolute Gasteiger partial charge is 0.271 e. The standard InChI is InChI=1S/C12H22N4OS/c1-3-16-11(10(13)9-15-16)12(17)14-7-5-4-6-8-18-2/h9H,3-8,13H2,1-2H3,(H,14,17). The number of nitrogens with zero attached hydrogens (tertiary/aromatic N) is 2. The van der Waals surface area contributed by atoms with Gasteiger partial charge in [-0.15, -0.1) is 0 Å². The SMILES string of the molecule is CCn1ncc(N)c1C(=O)NCCCCCSC. The highest BCUT2D eigenvalue weighted by atomic mass is 32.2. The molecule has 0 bridgehead atoms. The van der Waals surface area contributed by atoms with Crippen LogP contribution in [0.25, 0.3) is 0 Å². The average molecular weight is 270 g/mol. The normalized spacial score (nSPS) is 10.6. The summed E-state index contributed by atoms with van der Waals surface area (Å²) in [6, 6.07) is 0. The molecule has 0 saturated heterocycles. The predicted molar refractivity (Wildman–Crippen MR) is 76.9 cm³/mol. The molecule has 1 aromatic heterocycles. The Bertz CT molecular complexity index is 378. The quantitative estimate of drug-likeness (QED) is 0.706. The summed E-state index contributed by atoms with van der Waals surface area (Å²) < 4.78 is 1.62. The van der Waals surface area contributed by atoms with Crippen LogP contribution < -0.4 is 11.1 Å². The van der Waals surface area contributed by atoms with Gasteiger partial charge in [0, 0.05) is 13.1 Å². The molecular formula is C12H22N4OS. The van der Waals surface area contributed by atoms with Gasteiger partial charge in [0.05, 0.1) is 11.9 Å². The summed E-state index contributed by atoms with van der Waals surface area (Å²) in [7, 11) is 0. The second-order valence-electron chi connectivity index (χ2n) is 4.07. The largest absolute Gasteiger partial charge is 0.396 e. The van der Waals surface area contributed by atoms with Gasteiger partial charge in [0.2, 0.25) is 0 Å². The zero-order valence-corrected chi connectivity index (χ0v) is 11.9. The van der Waals surface area contributed by atoms with Gasteiger partial charge in [-0.25, -0.2) is 0 Å². The summed E-state index contributed by atoms with van der Waals surface area (Å²) in [6.45, 7) is 3.28. The minimum absolute atomic E-state index is 0.128. The van der Waals surface area contributed by atoms with E-state index in [4.69, 9.17) is 5.73 Å². The van der Waals surface area contributed by atoms with Gasteiger partial charge < -0.3 is 11.1 Å². The van der Waals surface area contributed by atoms with Gasteiger partial charge in [-0.05, 0) is 31.8 Å². The fourth-order valence-electron chi connectivity index (χ4n) is 1.72. The molecule has 0 atom stereocenters. The highest BCUT2D eigenvalue weighted by molar-refractivity contribution is 7.98. The van der Waals surface area contributed by atoms with E-state index >= 15 is 0 Å². The Kier molecular flexibility index (Phi) is 6.64. The van der Waals surface area contributed by atoms with Crippen molar-refractivity contribution >= 4 is 23.4 Å². The van der Waals surface area contributed by atoms with Gasteiger partial charge in [-0.3, -0.25) is 9.48 Å². The zero-order chi connectivity index (χ0) is 13.4. The third-order valence-electron chi connectivity index (χ3n) is 2.69. The molecule has 6 heteroatoms. The summed E-state index contributed by atoms with van der Waals surface area (Å²) in [4.78, 5) is 11.9. The molecule has 0 saturated carbocycles. The lowest BCUT2D eigenvalue weighted by Gasteiger charge is -2.07. The summed E-state index contributed by atoms with van der Waals surface area (Å²) in [5.41, 5.74) is 6.66. The number of nitrogens with one attached hydrogen (secondary N) is 1. The van der Waals surface area contributed by atoms with Gasteiger partial charge in [-0.2, -0.15) is 16.9 Å². The third-order valence-corrected chi connectivity index (χ3v) is 3.39. The number of thioether (sulfide) groups is 1. The first-order chi connectivity index (χ1) is 8.70. The van der Waals surface area contributed by atoms with Crippen molar-refractivity contribution in [3.05, 3.63) is 11.9 Å². The maximum absolute atomic E-state index is 11.9. The van der Waals surface area contributed by atoms with Crippen molar-refractivity contribution in [3.63, 3.8) is 0 Å². The van der Waals surface area contributed by atoms with Crippen LogP contribution in [0, 0.1) is 0 Å². The molecule has 18 heavy (non-hydrogen) atoms. The Balaban J connectivity index is 2.34. The first-order valence-electron chi connectivity index (χ1n) is 6.29. The minimum Gasteiger partial charge on any atom is -0.396 e. The molecule has 0 aliphatic carbocycles. The summed E-state index contributed by atoms with van der Waals surface area (Å²) in [6.07, 6.45) is 6.98. The molecule has 1 amide bonds. The highest BCUT2D eigenvalue weighted by Crippen LogP contribution is 2.10. The van der Waals surface area contributed by atoms with Gasteiger partial charge >= 0.3 is 0 Å². The van der Waals surface area contributed by atoms with Crippen molar-refractivity contribution < 1.29 is 4.79 Å². The molecule has 5 nitrogen and oxygen atoms in total. The molecule has 1 rings (SSSR count). The van der Waals surface area contributed by atoms with Gasteiger partial charge in [0.25, 0.3) is 5.91 Å². The van der Waals surface area contributed by atoms with Crippen LogP contribution in [0.2, 0.25) is 0 Å². The number of unbranched alkanes of at least 4 members (excludes halogenated alkanes) is 2. The Morgan fingerprint density at radius 2 is 2.28 bits per heavy atom. The van der Waals surface area contributed by atoms with Gasteiger partial charge in [-0.1, -0.05) is 6.42 Å². The van der Waals surface area contributed by atoms with Crippen LogP contribution in [-0.2, 0) is 6.54 Å². The molecular weight excluding hydrogens is 248 g/mol. The van der Waals surface area contributed by atoms with Crippen molar-refractivity contribution in [3.8, 4) is 0 Å². The minimum atomic E-state index is -0.128. The van der Waals surface area contributed by atoms with E-state index in [0.29, 0.717) is 24.5 Å². The highest BCUT2D eigenvalue weighted by Gasteiger charge is 2.15. The number of rotatable bonds is 8. The van der Waals surface area contributed by atoms with Gasteiger partial charge in [0.15, 0.2) is 0 Å². The van der Waals surface area contributed by atoms with E-state index in [-0.39, 0.29) is 5.91 Å². The van der Waals surface area contributed by atoms with Gasteiger partial charge in [0.1, 0.15) is 5.69 Å². The van der Waals surface area contributed by atoms with Crippen LogP contribution in [-0.4, -0.2) is 34.2 Å². The van der Waals surface area contributed by atoms with Crippen molar-refractivity contribution in [1.29, 1.82) is 0 Å². The van der Waals surface area contributed by atoms with Crippen LogP contribution in [0.1, 0.15) is 36.7 Å². The first-order valence-corrected chi connectivity index (χ1v) is 7.68. The van der Waals surface area contributed by atoms with E-state index < -0.39 is 0 Å². The number of hydrogen-bond acceptors (Lipinski definition) is 4. The van der Waals surface area contributed by atoms with Crippen LogP contribution in [0.3, 0.4) is 0 Å². The number of anilines is 1. The second-order valence-corrected chi connectivity index (χ2v) is 5.06. The summed E-state index contributed by atoms with van der Waals surface area (Å²) in [5, 5.41) is 6.94. The maximum atomic E-state index is 11.9. The topological polar surface area (TPSA) is 72.9 Å². The lowest BCUT2D eigenvalue weighted by molar-refractivity contribution is 0.0943. The molecule has 0 aromatic carbocycles. The number of aryl methyl sites for hydroxylation is 1. The number of hydrogen-bond donors (Lipinski definition) is 2. The van der Waals surface area contributed by atoms with E-state index in [1.165, 1.54) is 18.4 Å². The summed E-state index contributed by atoms with van der Waals surface area (Å²) >= 11 is 1.86. The predicted octanol–water partition coefficient (Wildman–Crippen LogP) is 1.75. The number of nitrogen functional groups attached to an aromatic ring is 1. The van der Waals surface area contributed by atoms with Crippen LogP contribution >= 0.6 is 11.8 Å². The Labute approximate surface area is 112 Å². The number of nitrogens with two attached hydrogens (primary N) is 1. The molecule has 0 aliphatic heterocycles. The molecule has 0 unspecified atom stereocenters. The lowest BCUT2D eigenvalue weighted by atomic mass is 10.2. The van der Waals surface area contributed by atoms with Crippen molar-refractivity contribution in [2.24, 2.45) is 0 Å². The number of carbonyl (C=O) groups is 1. The van der Waals surface area contributed by atoms with E-state index in [1.54, 1.807) is 4.68 Å². The van der Waals surface area contributed by atoms with Crippen molar-refractivity contribution in [1.82, 2.24) is 15.1 Å². The number of aromatic nitrogens is 2. The van der Waals surface area contributed by atoms with Crippen LogP contribution in [0.15, 0.2) is 6.20 Å². The van der Waals surface area contributed by atoms with Crippen LogP contribution in [0.5, 0.6) is 0 Å². The zero-order valence-electron chi connectivity index (χ0n) is 11.1. The van der Waals surface area contributed by atoms with E-state index in [9.17, 15) is 4.79 Å². The fraction of sp³-hybridized carbons (Fsp3) is 0.667. The Hall–Kier alpha value is -1.17. The molecule has 102 valence electrons. The second kappa shape index (κ2) is 8.02. The fourth-order valence-corrected chi connectivity index (χ4v) is 2.21. The first kappa shape index (κ1) is 14.9. The Morgan fingerprint density at radius 1 is 1.50 bits per heavy atom. The number of amides is 1. The van der Waals surface area contributed by atoms with Crippen molar-refractivity contribution in [2.75, 3.05) is 24.3 Å². The third kappa shape index (κ3) is 4.25. The molecule has 0 aliphatic rings. The van der Waals surface area contributed by atoms with Crippen LogP contribution in [0.4, 0.5) is 5.69 Å². The van der Waals surface area contributed by atoms with E-state index in [0.717, 1.165) is 12.8 Å². The average Bonchev–Trinajstić information content (AvgIpc) is 2.74. The lowest BCUT2D eigenvalue weighted by Crippen LogP contribution is -2.27. The molecule has 1 aromatic rings. The molecule has 0 radical (unpaired) electrons. The molecule has 0 fully saturated rings. The maximum Gasteiger partial charge on any atom is 0.271 e. The molecule has 0 spiro atoms. The van der Waals surface area contributed by atoms with E-state index in [1.807, 2.05) is 18.7 Å². The monoisotopic (exact) mass is 270 g/mol. The molecule has 1 heterocycles. The van der Waals surface area contributed by atoms with E-state index in [2.05, 4.69) is 16.7 Å².